The van der Waals surface area contributed by atoms with E-state index < -0.39 is 0 Å². The van der Waals surface area contributed by atoms with Gasteiger partial charge in [0.25, 0.3) is 5.56 Å². The SMILES string of the molecule is Cc1c(N)cccc1Cn1ccc(OCCc2sc3ccc(Cl)cc3c2C)cc1=O. The maximum atomic E-state index is 12.5. The van der Waals surface area contributed by atoms with Crippen molar-refractivity contribution in [1.29, 1.82) is 0 Å². The molecule has 30 heavy (non-hydrogen) atoms. The second-order valence-corrected chi connectivity index (χ2v) is 8.92. The molecule has 0 radical (unpaired) electrons. The van der Waals surface area contributed by atoms with Crippen molar-refractivity contribution in [2.75, 3.05) is 12.3 Å². The van der Waals surface area contributed by atoms with Gasteiger partial charge in [-0.25, -0.2) is 0 Å². The molecule has 0 atom stereocenters. The van der Waals surface area contributed by atoms with Gasteiger partial charge in [-0.2, -0.15) is 0 Å². The van der Waals surface area contributed by atoms with E-state index in [0.29, 0.717) is 18.9 Å². The third-order valence-corrected chi connectivity index (χ3v) is 6.96. The first-order valence-electron chi connectivity index (χ1n) is 9.77. The normalized spacial score (nSPS) is 11.2. The van der Waals surface area contributed by atoms with Crippen LogP contribution in [0.15, 0.2) is 59.5 Å². The Balaban J connectivity index is 1.42. The monoisotopic (exact) mass is 438 g/mol. The van der Waals surface area contributed by atoms with Gasteiger partial charge in [0.2, 0.25) is 0 Å². The summed E-state index contributed by atoms with van der Waals surface area (Å²) in [5.74, 6) is 0.586. The van der Waals surface area contributed by atoms with Crippen molar-refractivity contribution in [3.8, 4) is 5.75 Å². The molecule has 0 bridgehead atoms. The van der Waals surface area contributed by atoms with Crippen molar-refractivity contribution in [2.45, 2.75) is 26.8 Å². The number of anilines is 1. The van der Waals surface area contributed by atoms with Gasteiger partial charge >= 0.3 is 0 Å². The molecule has 4 aromatic rings. The molecule has 154 valence electrons. The zero-order valence-electron chi connectivity index (χ0n) is 16.9. The quantitative estimate of drug-likeness (QED) is 0.399. The van der Waals surface area contributed by atoms with Gasteiger partial charge in [-0.15, -0.1) is 11.3 Å². The van der Waals surface area contributed by atoms with E-state index in [4.69, 9.17) is 22.1 Å². The number of ether oxygens (including phenoxy) is 1. The summed E-state index contributed by atoms with van der Waals surface area (Å²) >= 11 is 7.88. The molecule has 6 heteroatoms. The fourth-order valence-corrected chi connectivity index (χ4v) is 4.86. The Bertz CT molecular complexity index is 1280. The summed E-state index contributed by atoms with van der Waals surface area (Å²) < 4.78 is 8.75. The number of rotatable bonds is 6. The Morgan fingerprint density at radius 1 is 1.10 bits per heavy atom. The zero-order valence-corrected chi connectivity index (χ0v) is 18.5. The first-order chi connectivity index (χ1) is 14.4. The van der Waals surface area contributed by atoms with Crippen LogP contribution in [0.2, 0.25) is 5.02 Å². The van der Waals surface area contributed by atoms with E-state index in [2.05, 4.69) is 13.0 Å². The second kappa shape index (κ2) is 8.54. The number of nitrogens with two attached hydrogens (primary N) is 1. The van der Waals surface area contributed by atoms with Crippen LogP contribution < -0.4 is 16.0 Å². The van der Waals surface area contributed by atoms with E-state index in [1.165, 1.54) is 20.5 Å². The molecule has 0 aliphatic rings. The van der Waals surface area contributed by atoms with Crippen LogP contribution in [0.3, 0.4) is 0 Å². The maximum absolute atomic E-state index is 12.5. The zero-order chi connectivity index (χ0) is 21.3. The van der Waals surface area contributed by atoms with Gasteiger partial charge in [-0.3, -0.25) is 4.79 Å². The number of nitrogens with zero attached hydrogens (tertiary/aromatic N) is 1. The lowest BCUT2D eigenvalue weighted by molar-refractivity contribution is 0.321. The Morgan fingerprint density at radius 3 is 2.73 bits per heavy atom. The Morgan fingerprint density at radius 2 is 1.93 bits per heavy atom. The molecule has 2 heterocycles. The Kier molecular flexibility index (Phi) is 5.84. The predicted octanol–water partition coefficient (Wildman–Crippen LogP) is 5.59. The number of thiophene rings is 1. The molecule has 0 aliphatic carbocycles. The van der Waals surface area contributed by atoms with E-state index in [1.807, 2.05) is 43.3 Å². The minimum atomic E-state index is -0.0954. The number of benzene rings is 2. The van der Waals surface area contributed by atoms with Crippen molar-refractivity contribution in [3.63, 3.8) is 0 Å². The van der Waals surface area contributed by atoms with Gasteiger partial charge in [0.05, 0.1) is 13.2 Å². The van der Waals surface area contributed by atoms with Crippen molar-refractivity contribution < 1.29 is 4.74 Å². The molecule has 0 saturated carbocycles. The summed E-state index contributed by atoms with van der Waals surface area (Å²) in [6, 6.07) is 15.1. The summed E-state index contributed by atoms with van der Waals surface area (Å²) in [4.78, 5) is 13.8. The molecular weight excluding hydrogens is 416 g/mol. The molecule has 0 fully saturated rings. The number of aromatic nitrogens is 1. The topological polar surface area (TPSA) is 57.2 Å². The van der Waals surface area contributed by atoms with E-state index >= 15 is 0 Å². The lowest BCUT2D eigenvalue weighted by atomic mass is 10.1. The van der Waals surface area contributed by atoms with Crippen LogP contribution in [-0.2, 0) is 13.0 Å². The van der Waals surface area contributed by atoms with Crippen molar-refractivity contribution in [1.82, 2.24) is 4.57 Å². The number of aryl methyl sites for hydroxylation is 1. The smallest absolute Gasteiger partial charge is 0.254 e. The van der Waals surface area contributed by atoms with E-state index in [0.717, 1.165) is 28.3 Å². The van der Waals surface area contributed by atoms with Crippen LogP contribution in [0, 0.1) is 13.8 Å². The van der Waals surface area contributed by atoms with Gasteiger partial charge in [0.1, 0.15) is 5.75 Å². The van der Waals surface area contributed by atoms with Crippen LogP contribution in [-0.4, -0.2) is 11.2 Å². The van der Waals surface area contributed by atoms with Gasteiger partial charge in [-0.05, 0) is 66.3 Å². The summed E-state index contributed by atoms with van der Waals surface area (Å²) in [5.41, 5.74) is 9.89. The molecule has 0 amide bonds. The molecule has 4 rings (SSSR count). The van der Waals surface area contributed by atoms with Crippen LogP contribution in [0.5, 0.6) is 5.75 Å². The molecule has 0 unspecified atom stereocenters. The molecule has 2 aromatic heterocycles. The third-order valence-electron chi connectivity index (χ3n) is 5.39. The lowest BCUT2D eigenvalue weighted by Gasteiger charge is -2.11. The molecule has 4 nitrogen and oxygen atoms in total. The van der Waals surface area contributed by atoms with Crippen molar-refractivity contribution in [2.24, 2.45) is 0 Å². The number of hydrogen-bond acceptors (Lipinski definition) is 4. The largest absolute Gasteiger partial charge is 0.493 e. The van der Waals surface area contributed by atoms with Crippen molar-refractivity contribution in [3.05, 3.63) is 91.7 Å². The summed E-state index contributed by atoms with van der Waals surface area (Å²) in [7, 11) is 0. The molecule has 0 spiro atoms. The minimum Gasteiger partial charge on any atom is -0.493 e. The van der Waals surface area contributed by atoms with Gasteiger partial charge in [-0.1, -0.05) is 23.7 Å². The summed E-state index contributed by atoms with van der Waals surface area (Å²) in [5, 5.41) is 1.95. The fourth-order valence-electron chi connectivity index (χ4n) is 3.51. The van der Waals surface area contributed by atoms with E-state index in [-0.39, 0.29) is 5.56 Å². The summed E-state index contributed by atoms with van der Waals surface area (Å²) in [6.07, 6.45) is 2.56. The first-order valence-corrected chi connectivity index (χ1v) is 11.0. The lowest BCUT2D eigenvalue weighted by Crippen LogP contribution is -2.20. The van der Waals surface area contributed by atoms with Crippen molar-refractivity contribution >= 4 is 38.7 Å². The predicted molar refractivity (Wildman–Crippen MR) is 126 cm³/mol. The van der Waals surface area contributed by atoms with Crippen LogP contribution >= 0.6 is 22.9 Å². The van der Waals surface area contributed by atoms with Gasteiger partial charge < -0.3 is 15.0 Å². The average Bonchev–Trinajstić information content (AvgIpc) is 3.02. The molecule has 0 saturated heterocycles. The molecule has 0 aliphatic heterocycles. The number of pyridine rings is 1. The van der Waals surface area contributed by atoms with Crippen LogP contribution in [0.4, 0.5) is 5.69 Å². The fraction of sp³-hybridized carbons (Fsp3) is 0.208. The first kappa shape index (κ1) is 20.5. The maximum Gasteiger partial charge on any atom is 0.254 e. The van der Waals surface area contributed by atoms with Crippen LogP contribution in [0.25, 0.3) is 10.1 Å². The number of nitrogen functional groups attached to an aromatic ring is 1. The number of halogens is 1. The number of hydrogen-bond donors (Lipinski definition) is 1. The highest BCUT2D eigenvalue weighted by molar-refractivity contribution is 7.19. The Hall–Kier alpha value is -2.76. The Labute approximate surface area is 184 Å². The highest BCUT2D eigenvalue weighted by Crippen LogP contribution is 2.33. The highest BCUT2D eigenvalue weighted by Gasteiger charge is 2.10. The van der Waals surface area contributed by atoms with E-state index in [9.17, 15) is 4.79 Å². The number of fused-ring (bicyclic) bond motifs is 1. The van der Waals surface area contributed by atoms with Gasteiger partial charge in [0, 0.05) is 39.0 Å². The molecular formula is C24H23ClN2O2S. The van der Waals surface area contributed by atoms with Gasteiger partial charge in [0.15, 0.2) is 0 Å². The van der Waals surface area contributed by atoms with Crippen LogP contribution in [0.1, 0.15) is 21.6 Å². The molecule has 2 N–H and O–H groups in total. The second-order valence-electron chi connectivity index (χ2n) is 7.35. The summed E-state index contributed by atoms with van der Waals surface area (Å²) in [6.45, 7) is 5.08. The minimum absolute atomic E-state index is 0.0954. The highest BCUT2D eigenvalue weighted by atomic mass is 35.5. The molecule has 2 aromatic carbocycles. The third kappa shape index (κ3) is 4.23. The van der Waals surface area contributed by atoms with E-state index in [1.54, 1.807) is 28.2 Å². The standard InChI is InChI=1S/C24H23ClN2O2S/c1-15-17(4-3-5-21(15)26)14-27-10-8-19(13-24(27)28)29-11-9-22-16(2)20-12-18(25)6-7-23(20)30-22/h3-8,10,12-13H,9,11,14,26H2,1-2H3. The average molecular weight is 439 g/mol.